The number of aliphatic carboxylic acids is 1. The van der Waals surface area contributed by atoms with Crippen LogP contribution in [-0.4, -0.2) is 11.1 Å². The van der Waals surface area contributed by atoms with Crippen molar-refractivity contribution in [1.29, 1.82) is 0 Å². The molecule has 0 aliphatic heterocycles. The van der Waals surface area contributed by atoms with E-state index in [9.17, 15) is 4.79 Å². The van der Waals surface area contributed by atoms with E-state index in [1.165, 1.54) is 0 Å². The zero-order chi connectivity index (χ0) is 20.2. The van der Waals surface area contributed by atoms with E-state index in [1.54, 1.807) is 18.4 Å². The van der Waals surface area contributed by atoms with Gasteiger partial charge in [-0.25, -0.2) is 0 Å². The van der Waals surface area contributed by atoms with Gasteiger partial charge in [-0.2, -0.15) is 0 Å². The average molecular weight is 387 g/mol. The smallest absolute Gasteiger partial charge is 0.307 e. The third-order valence-electron chi connectivity index (χ3n) is 4.82. The van der Waals surface area contributed by atoms with E-state index < -0.39 is 5.97 Å². The predicted octanol–water partition coefficient (Wildman–Crippen LogP) is 4.76. The van der Waals surface area contributed by atoms with Crippen LogP contribution in [0.25, 0.3) is 22.1 Å². The number of furan rings is 1. The molecule has 1 aromatic heterocycles. The molecule has 1 heterocycles. The van der Waals surface area contributed by atoms with Gasteiger partial charge in [-0.1, -0.05) is 42.5 Å². The SMILES string of the molecule is NCc1cccc(-c2coc3ccc(COc4ccccc4CC(=O)O)cc23)c1. The Hall–Kier alpha value is -3.57. The maximum absolute atomic E-state index is 11.1. The van der Waals surface area contributed by atoms with Crippen molar-refractivity contribution in [2.24, 2.45) is 5.73 Å². The number of hydrogen-bond acceptors (Lipinski definition) is 4. The van der Waals surface area contributed by atoms with E-state index >= 15 is 0 Å². The van der Waals surface area contributed by atoms with E-state index in [1.807, 2.05) is 48.5 Å². The quantitative estimate of drug-likeness (QED) is 0.477. The summed E-state index contributed by atoms with van der Waals surface area (Å²) in [5.41, 5.74) is 11.3. The zero-order valence-electron chi connectivity index (χ0n) is 15.8. The van der Waals surface area contributed by atoms with E-state index in [0.717, 1.165) is 33.2 Å². The Morgan fingerprint density at radius 3 is 2.69 bits per heavy atom. The highest BCUT2D eigenvalue weighted by molar-refractivity contribution is 5.94. The maximum atomic E-state index is 11.1. The minimum absolute atomic E-state index is 0.0709. The van der Waals surface area contributed by atoms with Crippen LogP contribution in [0.4, 0.5) is 0 Å². The van der Waals surface area contributed by atoms with Crippen molar-refractivity contribution in [2.45, 2.75) is 19.6 Å². The van der Waals surface area contributed by atoms with Crippen molar-refractivity contribution in [3.8, 4) is 16.9 Å². The van der Waals surface area contributed by atoms with Crippen molar-refractivity contribution in [3.63, 3.8) is 0 Å². The molecule has 5 nitrogen and oxygen atoms in total. The minimum Gasteiger partial charge on any atom is -0.489 e. The molecule has 0 aliphatic carbocycles. The lowest BCUT2D eigenvalue weighted by molar-refractivity contribution is -0.136. The summed E-state index contributed by atoms with van der Waals surface area (Å²) in [5, 5.41) is 10.1. The number of carboxylic acids is 1. The number of ether oxygens (including phenoxy) is 1. The van der Waals surface area contributed by atoms with Gasteiger partial charge < -0.3 is 20.0 Å². The second-order valence-corrected chi connectivity index (χ2v) is 6.85. The van der Waals surface area contributed by atoms with Gasteiger partial charge >= 0.3 is 5.97 Å². The lowest BCUT2D eigenvalue weighted by atomic mass is 10.0. The van der Waals surface area contributed by atoms with Gasteiger partial charge in [-0.3, -0.25) is 4.79 Å². The highest BCUT2D eigenvalue weighted by Gasteiger charge is 2.11. The van der Waals surface area contributed by atoms with Crippen molar-refractivity contribution >= 4 is 16.9 Å². The second kappa shape index (κ2) is 8.20. The molecule has 146 valence electrons. The number of rotatable bonds is 7. The van der Waals surface area contributed by atoms with Gasteiger partial charge in [0, 0.05) is 23.1 Å². The van der Waals surface area contributed by atoms with Gasteiger partial charge in [0.25, 0.3) is 0 Å². The van der Waals surface area contributed by atoms with Crippen LogP contribution in [0.5, 0.6) is 5.75 Å². The number of benzene rings is 3. The third kappa shape index (κ3) is 4.15. The first-order valence-electron chi connectivity index (χ1n) is 9.36. The zero-order valence-corrected chi connectivity index (χ0v) is 15.8. The predicted molar refractivity (Wildman–Crippen MR) is 112 cm³/mol. The standard InChI is InChI=1S/C24H21NO4/c25-13-16-4-3-6-18(10-16)21-15-29-23-9-8-17(11-20(21)23)14-28-22-7-2-1-5-19(22)12-24(26)27/h1-11,15H,12-14,25H2,(H,26,27). The molecule has 0 saturated heterocycles. The summed E-state index contributed by atoms with van der Waals surface area (Å²) in [6.45, 7) is 0.818. The number of nitrogens with two attached hydrogens (primary N) is 1. The van der Waals surface area contributed by atoms with Crippen LogP contribution in [0, 0.1) is 0 Å². The number of para-hydroxylation sites is 1. The van der Waals surface area contributed by atoms with E-state index in [4.69, 9.17) is 20.0 Å². The van der Waals surface area contributed by atoms with Crippen LogP contribution in [0.3, 0.4) is 0 Å². The molecule has 0 radical (unpaired) electrons. The lowest BCUT2D eigenvalue weighted by Crippen LogP contribution is -2.04. The Kier molecular flexibility index (Phi) is 5.31. The average Bonchev–Trinajstić information content (AvgIpc) is 3.16. The first kappa shape index (κ1) is 18.8. The molecular formula is C24H21NO4. The van der Waals surface area contributed by atoms with E-state index in [2.05, 4.69) is 6.07 Å². The monoisotopic (exact) mass is 387 g/mol. The summed E-state index contributed by atoms with van der Waals surface area (Å²) in [5.74, 6) is -0.303. The molecule has 0 fully saturated rings. The highest BCUT2D eigenvalue weighted by Crippen LogP contribution is 2.32. The second-order valence-electron chi connectivity index (χ2n) is 6.85. The van der Waals surface area contributed by atoms with E-state index in [-0.39, 0.29) is 6.42 Å². The Balaban J connectivity index is 1.61. The fourth-order valence-corrected chi connectivity index (χ4v) is 3.37. The fraction of sp³-hybridized carbons (Fsp3) is 0.125. The number of carboxylic acid groups (broad SMARTS) is 1. The maximum Gasteiger partial charge on any atom is 0.307 e. The molecule has 0 unspecified atom stereocenters. The van der Waals surface area contributed by atoms with Crippen LogP contribution in [0.1, 0.15) is 16.7 Å². The molecule has 4 rings (SSSR count). The summed E-state index contributed by atoms with van der Waals surface area (Å²) in [4.78, 5) is 11.1. The summed E-state index contributed by atoms with van der Waals surface area (Å²) in [6, 6.07) is 21.2. The minimum atomic E-state index is -0.884. The molecule has 5 heteroatoms. The number of hydrogen-bond donors (Lipinski definition) is 2. The Morgan fingerprint density at radius 1 is 1.00 bits per heavy atom. The first-order chi connectivity index (χ1) is 14.1. The van der Waals surface area contributed by atoms with E-state index in [0.29, 0.717) is 24.5 Å². The molecule has 0 spiro atoms. The topological polar surface area (TPSA) is 85.7 Å². The number of fused-ring (bicyclic) bond motifs is 1. The summed E-state index contributed by atoms with van der Waals surface area (Å²) < 4.78 is 11.6. The van der Waals surface area contributed by atoms with Crippen LogP contribution < -0.4 is 10.5 Å². The largest absolute Gasteiger partial charge is 0.489 e. The molecule has 0 aliphatic rings. The van der Waals surface area contributed by atoms with Gasteiger partial charge in [0.15, 0.2) is 0 Å². The summed E-state index contributed by atoms with van der Waals surface area (Å²) in [7, 11) is 0. The van der Waals surface area contributed by atoms with Crippen LogP contribution in [-0.2, 0) is 24.4 Å². The molecule has 0 saturated carbocycles. The molecule has 0 atom stereocenters. The van der Waals surface area contributed by atoms with Crippen LogP contribution in [0.2, 0.25) is 0 Å². The number of carbonyl (C=O) groups is 1. The molecule has 3 N–H and O–H groups in total. The Morgan fingerprint density at radius 2 is 1.86 bits per heavy atom. The van der Waals surface area contributed by atoms with Crippen molar-refractivity contribution < 1.29 is 19.1 Å². The molecule has 4 aromatic rings. The van der Waals surface area contributed by atoms with Crippen molar-refractivity contribution in [3.05, 3.63) is 89.7 Å². The molecular weight excluding hydrogens is 366 g/mol. The molecule has 0 amide bonds. The van der Waals surface area contributed by atoms with Gasteiger partial charge in [0.05, 0.1) is 12.7 Å². The Bertz CT molecular complexity index is 1160. The first-order valence-corrected chi connectivity index (χ1v) is 9.36. The molecule has 0 bridgehead atoms. The van der Waals surface area contributed by atoms with Gasteiger partial charge in [0.1, 0.15) is 17.9 Å². The lowest BCUT2D eigenvalue weighted by Gasteiger charge is -2.10. The van der Waals surface area contributed by atoms with Gasteiger partial charge in [-0.15, -0.1) is 0 Å². The Labute approximate surface area is 168 Å². The fourth-order valence-electron chi connectivity index (χ4n) is 3.37. The van der Waals surface area contributed by atoms with Crippen LogP contribution >= 0.6 is 0 Å². The summed E-state index contributed by atoms with van der Waals surface area (Å²) >= 11 is 0. The highest BCUT2D eigenvalue weighted by atomic mass is 16.5. The van der Waals surface area contributed by atoms with Gasteiger partial charge in [0.2, 0.25) is 0 Å². The van der Waals surface area contributed by atoms with Gasteiger partial charge in [-0.05, 0) is 41.0 Å². The van der Waals surface area contributed by atoms with Crippen molar-refractivity contribution in [1.82, 2.24) is 0 Å². The van der Waals surface area contributed by atoms with Crippen molar-refractivity contribution in [2.75, 3.05) is 0 Å². The normalized spacial score (nSPS) is 10.9. The summed E-state index contributed by atoms with van der Waals surface area (Å²) in [6.07, 6.45) is 1.69. The van der Waals surface area contributed by atoms with Crippen LogP contribution in [0.15, 0.2) is 77.4 Å². The molecule has 29 heavy (non-hydrogen) atoms. The third-order valence-corrected chi connectivity index (χ3v) is 4.82. The molecule has 3 aromatic carbocycles.